The minimum Gasteiger partial charge on any atom is -0.391 e. The Morgan fingerprint density at radius 3 is 2.38 bits per heavy atom. The molecule has 0 unspecified atom stereocenters. The molecule has 1 aromatic heterocycles. The molecule has 3 heterocycles. The third-order valence-corrected chi connectivity index (χ3v) is 16.8. The van der Waals surface area contributed by atoms with Gasteiger partial charge in [-0.15, -0.1) is 11.3 Å². The average molecular weight is 960 g/mol. The van der Waals surface area contributed by atoms with Crippen LogP contribution in [0.25, 0.3) is 10.4 Å². The number of fused-ring (bicyclic) bond motifs is 5. The number of likely N-dealkylation sites (tertiary alicyclic amines) is 1. The van der Waals surface area contributed by atoms with Crippen LogP contribution in [0.5, 0.6) is 0 Å². The van der Waals surface area contributed by atoms with Gasteiger partial charge in [-0.25, -0.2) is 4.98 Å². The lowest BCUT2D eigenvalue weighted by Gasteiger charge is -2.58. The van der Waals surface area contributed by atoms with Crippen LogP contribution >= 0.6 is 11.3 Å². The molecule has 68 heavy (non-hydrogen) atoms. The number of aryl methyl sites for hydroxylation is 1. The fourth-order valence-electron chi connectivity index (χ4n) is 12.0. The number of rotatable bonds is 17. The summed E-state index contributed by atoms with van der Waals surface area (Å²) in [6.07, 6.45) is 8.77. The fraction of sp³-hybridized carbons (Fsp3) is 0.667. The highest BCUT2D eigenvalue weighted by molar-refractivity contribution is 7.13. The van der Waals surface area contributed by atoms with Gasteiger partial charge in [-0.2, -0.15) is 0 Å². The Kier molecular flexibility index (Phi) is 15.6. The molecule has 6 amide bonds. The number of carbonyl (C=O) groups excluding carboxylic acids is 6. The molecular weight excluding hydrogens is 887 g/mol. The second kappa shape index (κ2) is 20.7. The van der Waals surface area contributed by atoms with E-state index >= 15 is 0 Å². The van der Waals surface area contributed by atoms with E-state index in [0.29, 0.717) is 17.8 Å². The molecule has 10 atom stereocenters. The summed E-state index contributed by atoms with van der Waals surface area (Å²) in [5.74, 6) is -0.560. The Morgan fingerprint density at radius 2 is 1.68 bits per heavy atom. The van der Waals surface area contributed by atoms with E-state index in [-0.39, 0.29) is 98.9 Å². The predicted octanol–water partition coefficient (Wildman–Crippen LogP) is 4.19. The number of thiazole rings is 1. The van der Waals surface area contributed by atoms with Crippen molar-refractivity contribution in [2.45, 2.75) is 137 Å². The van der Waals surface area contributed by atoms with Crippen molar-refractivity contribution >= 4 is 46.8 Å². The second-order valence-corrected chi connectivity index (χ2v) is 22.7. The minimum atomic E-state index is -1.14. The highest BCUT2D eigenvalue weighted by Gasteiger charge is 2.61. The first kappa shape index (κ1) is 51.1. The van der Waals surface area contributed by atoms with E-state index in [4.69, 9.17) is 9.47 Å². The van der Waals surface area contributed by atoms with E-state index < -0.39 is 41.0 Å². The maximum Gasteiger partial charge on any atom is 0.246 e. The van der Waals surface area contributed by atoms with Crippen LogP contribution in [-0.4, -0.2) is 120 Å². The molecule has 0 spiro atoms. The second-order valence-electron chi connectivity index (χ2n) is 21.9. The molecule has 17 heteroatoms. The number of aliphatic hydroxyl groups excluding tert-OH is 1. The van der Waals surface area contributed by atoms with Gasteiger partial charge in [-0.3, -0.25) is 28.8 Å². The molecule has 1 saturated heterocycles. The zero-order chi connectivity index (χ0) is 49.2. The van der Waals surface area contributed by atoms with Crippen LogP contribution in [0.1, 0.15) is 105 Å². The lowest BCUT2D eigenvalue weighted by molar-refractivity contribution is -0.144. The van der Waals surface area contributed by atoms with Gasteiger partial charge < -0.3 is 46.1 Å². The number of hydrogen-bond donors (Lipinski definition) is 6. The lowest BCUT2D eigenvalue weighted by Crippen LogP contribution is -2.60. The van der Waals surface area contributed by atoms with Gasteiger partial charge in [0.15, 0.2) is 0 Å². The monoisotopic (exact) mass is 960 g/mol. The topological polar surface area (TPSA) is 217 Å². The summed E-state index contributed by atoms with van der Waals surface area (Å²) in [5, 5.41) is 25.4. The Labute approximate surface area is 404 Å². The number of carbonyl (C=O) groups is 6. The van der Waals surface area contributed by atoms with E-state index in [1.54, 1.807) is 31.3 Å². The molecular formula is C51H73N7O9S. The molecule has 3 saturated carbocycles. The van der Waals surface area contributed by atoms with Crippen molar-refractivity contribution in [1.82, 2.24) is 36.5 Å². The van der Waals surface area contributed by atoms with Crippen LogP contribution < -0.4 is 26.6 Å². The van der Waals surface area contributed by atoms with E-state index in [9.17, 15) is 33.9 Å². The summed E-state index contributed by atoms with van der Waals surface area (Å²) in [5.41, 5.74) is 2.60. The van der Waals surface area contributed by atoms with Gasteiger partial charge in [-0.05, 0) is 105 Å². The zero-order valence-corrected chi connectivity index (χ0v) is 41.9. The van der Waals surface area contributed by atoms with Crippen molar-refractivity contribution in [3.8, 4) is 10.4 Å². The molecule has 1 aromatic carbocycles. The number of aliphatic hydroxyl groups is 1. The molecule has 3 aliphatic carbocycles. The van der Waals surface area contributed by atoms with E-state index in [1.165, 1.54) is 4.90 Å². The SMILES string of the molecule is Cc1ncsc1-c1ccc(CNC(=O)[C@@H]2C[C@@H](O)CN2C(=O)[C@@H](NC(=O)COCCOCCNC(=O)C(C)(C)NC(=O)[C@H]2CC[C@H]3[C@@H]4CC[C@H]5NC(=O)C=C[C@]5(C)[C@H]4CC[C@]23C)C(C)(C)C)cc1. The smallest absolute Gasteiger partial charge is 0.246 e. The predicted molar refractivity (Wildman–Crippen MR) is 257 cm³/mol. The van der Waals surface area contributed by atoms with E-state index in [0.717, 1.165) is 60.2 Å². The molecule has 16 nitrogen and oxygen atoms in total. The fourth-order valence-corrected chi connectivity index (χ4v) is 12.9. The quantitative estimate of drug-likeness (QED) is 0.124. The van der Waals surface area contributed by atoms with Crippen molar-refractivity contribution in [3.63, 3.8) is 0 Å². The Balaban J connectivity index is 0.797. The van der Waals surface area contributed by atoms with Crippen LogP contribution in [0, 0.1) is 46.8 Å². The maximum absolute atomic E-state index is 14.0. The van der Waals surface area contributed by atoms with Crippen LogP contribution in [-0.2, 0) is 44.8 Å². The number of amides is 6. The van der Waals surface area contributed by atoms with Gasteiger partial charge in [-0.1, -0.05) is 65.0 Å². The maximum atomic E-state index is 14.0. The summed E-state index contributed by atoms with van der Waals surface area (Å²) < 4.78 is 11.2. The van der Waals surface area contributed by atoms with Crippen molar-refractivity contribution in [3.05, 3.63) is 53.2 Å². The van der Waals surface area contributed by atoms with Crippen LogP contribution in [0.2, 0.25) is 0 Å². The Bertz CT molecular complexity index is 2220. The van der Waals surface area contributed by atoms with E-state index in [1.807, 2.05) is 57.5 Å². The molecule has 372 valence electrons. The van der Waals surface area contributed by atoms with Gasteiger partial charge in [0.05, 0.1) is 42.0 Å². The largest absolute Gasteiger partial charge is 0.391 e. The van der Waals surface area contributed by atoms with Crippen molar-refractivity contribution in [2.24, 2.45) is 39.9 Å². The van der Waals surface area contributed by atoms with Crippen molar-refractivity contribution in [1.29, 1.82) is 0 Å². The molecule has 6 N–H and O–H groups in total. The molecule has 5 aliphatic rings. The third-order valence-electron chi connectivity index (χ3n) is 15.9. The summed E-state index contributed by atoms with van der Waals surface area (Å²) in [7, 11) is 0. The minimum absolute atomic E-state index is 0.00571. The number of ether oxygens (including phenoxy) is 2. The molecule has 0 bridgehead atoms. The normalized spacial score (nSPS) is 29.2. The van der Waals surface area contributed by atoms with Gasteiger partial charge in [0.25, 0.3) is 0 Å². The lowest BCUT2D eigenvalue weighted by atomic mass is 9.48. The molecule has 7 rings (SSSR count). The van der Waals surface area contributed by atoms with Crippen LogP contribution in [0.3, 0.4) is 0 Å². The summed E-state index contributed by atoms with van der Waals surface area (Å²) >= 11 is 1.57. The molecule has 2 aliphatic heterocycles. The van der Waals surface area contributed by atoms with Gasteiger partial charge in [0.1, 0.15) is 24.2 Å². The number of hydrogen-bond acceptors (Lipinski definition) is 11. The third kappa shape index (κ3) is 11.0. The number of nitrogens with one attached hydrogen (secondary N) is 5. The first-order chi connectivity index (χ1) is 32.1. The first-order valence-corrected chi connectivity index (χ1v) is 25.3. The van der Waals surface area contributed by atoms with Gasteiger partial charge in [0.2, 0.25) is 35.4 Å². The highest BCUT2D eigenvalue weighted by Crippen LogP contribution is 2.65. The Hall–Kier alpha value is -4.71. The van der Waals surface area contributed by atoms with Crippen LogP contribution in [0.4, 0.5) is 0 Å². The standard InChI is InChI=1S/C51H73N7O9S/c1-30-42(68-29-54-30)32-11-9-31(10-12-32)26-53-45(63)38-25-33(59)27-58(38)46(64)43(48(2,3)4)56-41(61)28-67-24-23-66-22-21-52-47(65)49(5,6)57-44(62)37-15-14-35-34-13-16-39-51(8,20-18-40(60)55-39)36(34)17-19-50(35,37)7/h9-12,18,20,29,33-39,43,59H,13-17,19,21-28H2,1-8H3,(H,52,65)(H,53,63)(H,55,60)(H,56,61)(H,57,62)/t33-,34+,35+,36+,37-,38+,39-,43-,50+,51-/m1/s1. The van der Waals surface area contributed by atoms with Crippen LogP contribution in [0.15, 0.2) is 41.9 Å². The number of nitrogens with zero attached hydrogens (tertiary/aromatic N) is 2. The summed E-state index contributed by atoms with van der Waals surface area (Å²) in [6, 6.07) is 6.10. The summed E-state index contributed by atoms with van der Waals surface area (Å²) in [6.45, 7) is 15.9. The molecule has 4 fully saturated rings. The first-order valence-electron chi connectivity index (χ1n) is 24.4. The van der Waals surface area contributed by atoms with Crippen molar-refractivity contribution in [2.75, 3.05) is 39.5 Å². The summed E-state index contributed by atoms with van der Waals surface area (Å²) in [4.78, 5) is 86.6. The van der Waals surface area contributed by atoms with Gasteiger partial charge >= 0.3 is 0 Å². The Morgan fingerprint density at radius 1 is 0.941 bits per heavy atom. The number of aromatic nitrogens is 1. The molecule has 0 radical (unpaired) electrons. The zero-order valence-electron chi connectivity index (χ0n) is 41.1. The van der Waals surface area contributed by atoms with E-state index in [2.05, 4.69) is 51.5 Å². The number of benzene rings is 1. The average Bonchev–Trinajstić information content (AvgIpc) is 4.01. The number of β-amino-alcohol motifs (C(OH)–C–C–N with tert-alkyl or cyclic N) is 1. The van der Waals surface area contributed by atoms with Crippen molar-refractivity contribution < 1.29 is 43.3 Å². The highest BCUT2D eigenvalue weighted by atomic mass is 32.1. The molecule has 2 aromatic rings. The van der Waals surface area contributed by atoms with Gasteiger partial charge in [0, 0.05) is 43.4 Å².